The van der Waals surface area contributed by atoms with Gasteiger partial charge in [0.05, 0.1) is 12.0 Å². The second-order valence-electron chi connectivity index (χ2n) is 6.38. The largest absolute Gasteiger partial charge is 0.334 e. The fraction of sp³-hybridized carbons (Fsp3) is 0.800. The number of nitrogens with one attached hydrogen (secondary N) is 1. The summed E-state index contributed by atoms with van der Waals surface area (Å²) < 4.78 is 2.19. The predicted molar refractivity (Wildman–Crippen MR) is 82.8 cm³/mol. The fourth-order valence-corrected chi connectivity index (χ4v) is 2.80. The van der Waals surface area contributed by atoms with Crippen LogP contribution in [-0.4, -0.2) is 64.7 Å². The Morgan fingerprint density at radius 2 is 1.95 bits per heavy atom. The SMILES string of the molecule is CCn1cncc1CNCC(C)(C)N1CCN(C)CC1. The van der Waals surface area contributed by atoms with E-state index in [1.807, 2.05) is 12.5 Å². The molecule has 0 radical (unpaired) electrons. The van der Waals surface area contributed by atoms with Crippen LogP contribution in [0.3, 0.4) is 0 Å². The van der Waals surface area contributed by atoms with Crippen molar-refractivity contribution in [2.75, 3.05) is 39.8 Å². The molecule has 5 nitrogen and oxygen atoms in total. The van der Waals surface area contributed by atoms with Crippen molar-refractivity contribution in [1.29, 1.82) is 0 Å². The quantitative estimate of drug-likeness (QED) is 0.843. The van der Waals surface area contributed by atoms with Gasteiger partial charge >= 0.3 is 0 Å². The van der Waals surface area contributed by atoms with Crippen molar-refractivity contribution in [2.24, 2.45) is 0 Å². The predicted octanol–water partition coefficient (Wildman–Crippen LogP) is 1.02. The molecule has 0 aromatic carbocycles. The van der Waals surface area contributed by atoms with E-state index < -0.39 is 0 Å². The van der Waals surface area contributed by atoms with E-state index >= 15 is 0 Å². The second kappa shape index (κ2) is 6.70. The summed E-state index contributed by atoms with van der Waals surface area (Å²) >= 11 is 0. The number of piperazine rings is 1. The maximum atomic E-state index is 4.21. The van der Waals surface area contributed by atoms with Gasteiger partial charge in [0.25, 0.3) is 0 Å². The number of hydrogen-bond donors (Lipinski definition) is 1. The Labute approximate surface area is 123 Å². The molecule has 0 unspecified atom stereocenters. The van der Waals surface area contributed by atoms with Gasteiger partial charge in [-0.15, -0.1) is 0 Å². The number of imidazole rings is 1. The standard InChI is InChI=1S/C15H29N5/c1-5-19-13-17-11-14(19)10-16-12-15(2,3)20-8-6-18(4)7-9-20/h11,13,16H,5-10,12H2,1-4H3. The highest BCUT2D eigenvalue weighted by atomic mass is 15.3. The van der Waals surface area contributed by atoms with E-state index in [9.17, 15) is 0 Å². The lowest BCUT2D eigenvalue weighted by molar-refractivity contribution is 0.0617. The van der Waals surface area contributed by atoms with Gasteiger partial charge in [0.1, 0.15) is 0 Å². The van der Waals surface area contributed by atoms with Gasteiger partial charge in [-0.2, -0.15) is 0 Å². The minimum absolute atomic E-state index is 0.207. The zero-order chi connectivity index (χ0) is 14.6. The third-order valence-electron chi connectivity index (χ3n) is 4.36. The zero-order valence-electron chi connectivity index (χ0n) is 13.4. The van der Waals surface area contributed by atoms with Crippen LogP contribution in [0.1, 0.15) is 26.5 Å². The van der Waals surface area contributed by atoms with E-state index in [0.717, 1.165) is 32.7 Å². The second-order valence-corrected chi connectivity index (χ2v) is 6.38. The summed E-state index contributed by atoms with van der Waals surface area (Å²) in [4.78, 5) is 9.21. The fourth-order valence-electron chi connectivity index (χ4n) is 2.80. The van der Waals surface area contributed by atoms with E-state index in [4.69, 9.17) is 0 Å². The average molecular weight is 279 g/mol. The van der Waals surface area contributed by atoms with Crippen molar-refractivity contribution in [3.63, 3.8) is 0 Å². The minimum atomic E-state index is 0.207. The summed E-state index contributed by atoms with van der Waals surface area (Å²) in [7, 11) is 2.20. The molecule has 0 bridgehead atoms. The first-order valence-electron chi connectivity index (χ1n) is 7.66. The van der Waals surface area contributed by atoms with Crippen LogP contribution in [0.25, 0.3) is 0 Å². The molecule has 0 saturated carbocycles. The third-order valence-corrected chi connectivity index (χ3v) is 4.36. The molecule has 1 saturated heterocycles. The van der Waals surface area contributed by atoms with Crippen LogP contribution in [0.4, 0.5) is 0 Å². The molecule has 0 aliphatic carbocycles. The molecule has 1 aliphatic heterocycles. The average Bonchev–Trinajstić information content (AvgIpc) is 2.86. The number of aromatic nitrogens is 2. The molecular weight excluding hydrogens is 250 g/mol. The molecule has 1 aliphatic rings. The van der Waals surface area contributed by atoms with Crippen molar-refractivity contribution in [1.82, 2.24) is 24.7 Å². The lowest BCUT2D eigenvalue weighted by Crippen LogP contribution is -2.57. The summed E-state index contributed by atoms with van der Waals surface area (Å²) in [5.41, 5.74) is 1.47. The van der Waals surface area contributed by atoms with Crippen LogP contribution in [-0.2, 0) is 13.1 Å². The third kappa shape index (κ3) is 3.81. The van der Waals surface area contributed by atoms with E-state index in [1.54, 1.807) is 0 Å². The van der Waals surface area contributed by atoms with Gasteiger partial charge in [-0.05, 0) is 27.8 Å². The van der Waals surface area contributed by atoms with E-state index in [1.165, 1.54) is 18.8 Å². The van der Waals surface area contributed by atoms with E-state index in [-0.39, 0.29) is 5.54 Å². The molecule has 114 valence electrons. The van der Waals surface area contributed by atoms with E-state index in [0.29, 0.717) is 0 Å². The molecule has 20 heavy (non-hydrogen) atoms. The lowest BCUT2D eigenvalue weighted by atomic mass is 10.0. The monoisotopic (exact) mass is 279 g/mol. The summed E-state index contributed by atoms with van der Waals surface area (Å²) in [5, 5.41) is 3.60. The molecule has 2 heterocycles. The molecule has 2 rings (SSSR count). The molecule has 0 atom stereocenters. The first-order chi connectivity index (χ1) is 9.53. The van der Waals surface area contributed by atoms with Crippen LogP contribution in [0.2, 0.25) is 0 Å². The van der Waals surface area contributed by atoms with E-state index in [2.05, 4.69) is 52.5 Å². The summed E-state index contributed by atoms with van der Waals surface area (Å²) in [5.74, 6) is 0. The first-order valence-corrected chi connectivity index (χ1v) is 7.66. The minimum Gasteiger partial charge on any atom is -0.334 e. The molecule has 1 fully saturated rings. The van der Waals surface area contributed by atoms with Crippen molar-refractivity contribution < 1.29 is 0 Å². The Kier molecular flexibility index (Phi) is 5.18. The normalized spacial score (nSPS) is 18.6. The number of aryl methyl sites for hydroxylation is 1. The van der Waals surface area contributed by atoms with Gasteiger partial charge in [-0.1, -0.05) is 0 Å². The van der Waals surface area contributed by atoms with Crippen LogP contribution in [0, 0.1) is 0 Å². The zero-order valence-corrected chi connectivity index (χ0v) is 13.4. The van der Waals surface area contributed by atoms with Gasteiger partial charge in [-0.25, -0.2) is 4.98 Å². The molecule has 1 aromatic heterocycles. The highest BCUT2D eigenvalue weighted by Gasteiger charge is 2.28. The van der Waals surface area contributed by atoms with Crippen LogP contribution < -0.4 is 5.32 Å². The van der Waals surface area contributed by atoms with Gasteiger partial charge < -0.3 is 14.8 Å². The number of nitrogens with zero attached hydrogens (tertiary/aromatic N) is 4. The van der Waals surface area contributed by atoms with Crippen molar-refractivity contribution in [3.05, 3.63) is 18.2 Å². The Hall–Kier alpha value is -0.910. The maximum absolute atomic E-state index is 4.21. The Balaban J connectivity index is 1.80. The summed E-state index contributed by atoms with van der Waals surface area (Å²) in [6, 6.07) is 0. The first kappa shape index (κ1) is 15.5. The highest BCUT2D eigenvalue weighted by molar-refractivity contribution is 4.98. The summed E-state index contributed by atoms with van der Waals surface area (Å²) in [6.45, 7) is 14.4. The summed E-state index contributed by atoms with van der Waals surface area (Å²) in [6.07, 6.45) is 3.86. The topological polar surface area (TPSA) is 36.3 Å². The molecule has 5 heteroatoms. The van der Waals surface area contributed by atoms with Gasteiger partial charge in [-0.3, -0.25) is 4.90 Å². The number of hydrogen-bond acceptors (Lipinski definition) is 4. The highest BCUT2D eigenvalue weighted by Crippen LogP contribution is 2.15. The van der Waals surface area contributed by atoms with Crippen LogP contribution in [0.5, 0.6) is 0 Å². The van der Waals surface area contributed by atoms with Crippen LogP contribution >= 0.6 is 0 Å². The smallest absolute Gasteiger partial charge is 0.0948 e. The molecular formula is C15H29N5. The Bertz CT molecular complexity index is 404. The van der Waals surface area contributed by atoms with Gasteiger partial charge in [0.15, 0.2) is 0 Å². The Morgan fingerprint density at radius 3 is 2.60 bits per heavy atom. The van der Waals surface area contributed by atoms with Gasteiger partial charge in [0.2, 0.25) is 0 Å². The number of likely N-dealkylation sites (N-methyl/N-ethyl adjacent to an activating group) is 1. The molecule has 0 spiro atoms. The number of rotatable bonds is 6. The molecule has 1 aromatic rings. The van der Waals surface area contributed by atoms with Crippen molar-refractivity contribution >= 4 is 0 Å². The maximum Gasteiger partial charge on any atom is 0.0948 e. The lowest BCUT2D eigenvalue weighted by Gasteiger charge is -2.43. The van der Waals surface area contributed by atoms with Gasteiger partial charge in [0, 0.05) is 57.5 Å². The van der Waals surface area contributed by atoms with Crippen molar-refractivity contribution in [3.8, 4) is 0 Å². The Morgan fingerprint density at radius 1 is 1.25 bits per heavy atom. The molecule has 1 N–H and O–H groups in total. The van der Waals surface area contributed by atoms with Crippen molar-refractivity contribution in [2.45, 2.75) is 39.4 Å². The van der Waals surface area contributed by atoms with Crippen LogP contribution in [0.15, 0.2) is 12.5 Å². The molecule has 0 amide bonds.